The van der Waals surface area contributed by atoms with Gasteiger partial charge in [-0.3, -0.25) is 9.59 Å². The van der Waals surface area contributed by atoms with Crippen LogP contribution in [0.2, 0.25) is 0 Å². The van der Waals surface area contributed by atoms with Crippen LogP contribution >= 0.6 is 11.3 Å². The third kappa shape index (κ3) is 3.08. The molecule has 102 valence electrons. The highest BCUT2D eigenvalue weighted by molar-refractivity contribution is 7.17. The van der Waals surface area contributed by atoms with Crippen LogP contribution in [0.25, 0.3) is 0 Å². The molecule has 1 unspecified atom stereocenters. The lowest BCUT2D eigenvalue weighted by Crippen LogP contribution is -2.41. The molecule has 2 rings (SSSR count). The van der Waals surface area contributed by atoms with Crippen LogP contribution in [-0.2, 0) is 4.79 Å². The molecule has 0 aromatic carbocycles. The minimum Gasteiger partial charge on any atom is -0.476 e. The molecule has 1 aromatic heterocycles. The molecular weight excluding hydrogens is 270 g/mol. The monoisotopic (exact) mass is 283 g/mol. The molecule has 1 aromatic rings. The van der Waals surface area contributed by atoms with Crippen molar-refractivity contribution in [1.82, 2.24) is 10.3 Å². The van der Waals surface area contributed by atoms with Crippen molar-refractivity contribution in [2.24, 2.45) is 0 Å². The number of piperidine rings is 1. The van der Waals surface area contributed by atoms with Crippen molar-refractivity contribution in [2.75, 3.05) is 11.9 Å². The third-order valence-corrected chi connectivity index (χ3v) is 3.83. The van der Waals surface area contributed by atoms with Crippen molar-refractivity contribution in [3.63, 3.8) is 0 Å². The van der Waals surface area contributed by atoms with Gasteiger partial charge in [0.1, 0.15) is 4.88 Å². The third-order valence-electron chi connectivity index (χ3n) is 2.74. The summed E-state index contributed by atoms with van der Waals surface area (Å²) in [5.41, 5.74) is -0.222. The highest BCUT2D eigenvalue weighted by Gasteiger charge is 2.23. The number of ketones is 1. The number of hydrogen-bond acceptors (Lipinski definition) is 6. The Kier molecular flexibility index (Phi) is 3.79. The normalized spacial score (nSPS) is 18.8. The van der Waals surface area contributed by atoms with E-state index in [1.807, 2.05) is 0 Å². The predicted molar refractivity (Wildman–Crippen MR) is 68.7 cm³/mol. The number of aromatic carboxylic acids is 1. The summed E-state index contributed by atoms with van der Waals surface area (Å²) in [6.45, 7) is 1.78. The summed E-state index contributed by atoms with van der Waals surface area (Å²) in [7, 11) is 0. The number of thiazole rings is 1. The van der Waals surface area contributed by atoms with Crippen molar-refractivity contribution >= 4 is 34.1 Å². The Bertz CT molecular complexity index is 499. The van der Waals surface area contributed by atoms with E-state index < -0.39 is 5.97 Å². The molecule has 0 radical (unpaired) electrons. The number of carbonyl (C=O) groups excluding carboxylic acids is 2. The average molecular weight is 283 g/mol. The molecule has 1 saturated heterocycles. The second kappa shape index (κ2) is 5.35. The summed E-state index contributed by atoms with van der Waals surface area (Å²) < 4.78 is 0. The molecule has 1 aliphatic heterocycles. The van der Waals surface area contributed by atoms with Gasteiger partial charge in [-0.2, -0.15) is 0 Å². The topological polar surface area (TPSA) is 108 Å². The zero-order valence-electron chi connectivity index (χ0n) is 10.2. The molecule has 0 saturated carbocycles. The highest BCUT2D eigenvalue weighted by atomic mass is 32.1. The Morgan fingerprint density at radius 3 is 2.74 bits per heavy atom. The summed E-state index contributed by atoms with van der Waals surface area (Å²) in [6.07, 6.45) is 1.08. The fourth-order valence-corrected chi connectivity index (χ4v) is 2.73. The van der Waals surface area contributed by atoms with Gasteiger partial charge in [0.2, 0.25) is 5.91 Å². The Hall–Kier alpha value is -1.96. The molecule has 1 atom stereocenters. The van der Waals surface area contributed by atoms with E-state index in [0.717, 1.165) is 11.3 Å². The van der Waals surface area contributed by atoms with Gasteiger partial charge in [0.25, 0.3) is 0 Å². The van der Waals surface area contributed by atoms with Crippen LogP contribution < -0.4 is 10.6 Å². The summed E-state index contributed by atoms with van der Waals surface area (Å²) in [4.78, 5) is 37.4. The number of carboxylic acid groups (broad SMARTS) is 1. The van der Waals surface area contributed by atoms with Gasteiger partial charge in [0, 0.05) is 25.9 Å². The van der Waals surface area contributed by atoms with Crippen LogP contribution in [0.5, 0.6) is 0 Å². The standard InChI is InChI=1S/C11H13N3O4S/c1-5(15)9-8(10(17)18)14-11(19-9)13-6-2-3-7(16)12-4-6/h6H,2-4H2,1H3,(H,12,16)(H,13,14)(H,17,18). The number of carbonyl (C=O) groups is 3. The lowest BCUT2D eigenvalue weighted by atomic mass is 10.1. The number of hydrogen-bond donors (Lipinski definition) is 3. The quantitative estimate of drug-likeness (QED) is 0.703. The van der Waals surface area contributed by atoms with Gasteiger partial charge in [0.15, 0.2) is 16.6 Å². The fraction of sp³-hybridized carbons (Fsp3) is 0.455. The van der Waals surface area contributed by atoms with E-state index in [1.54, 1.807) is 0 Å². The van der Waals surface area contributed by atoms with E-state index in [4.69, 9.17) is 5.11 Å². The molecule has 2 heterocycles. The van der Waals surface area contributed by atoms with Crippen LogP contribution in [0, 0.1) is 0 Å². The number of rotatable bonds is 4. The number of Topliss-reactive ketones (excluding diaryl/α,β-unsaturated/α-hetero) is 1. The molecule has 1 fully saturated rings. The zero-order chi connectivity index (χ0) is 14.0. The SMILES string of the molecule is CC(=O)c1sc(NC2CCC(=O)NC2)nc1C(=O)O. The van der Waals surface area contributed by atoms with E-state index >= 15 is 0 Å². The van der Waals surface area contributed by atoms with Gasteiger partial charge < -0.3 is 15.7 Å². The second-order valence-corrected chi connectivity index (χ2v) is 5.24. The van der Waals surface area contributed by atoms with Crippen LogP contribution in [-0.4, -0.2) is 40.3 Å². The molecular formula is C11H13N3O4S. The number of nitrogens with zero attached hydrogens (tertiary/aromatic N) is 1. The molecule has 1 aliphatic rings. The molecule has 0 aliphatic carbocycles. The van der Waals surface area contributed by atoms with E-state index in [1.165, 1.54) is 6.92 Å². The maximum Gasteiger partial charge on any atom is 0.356 e. The van der Waals surface area contributed by atoms with E-state index in [-0.39, 0.29) is 28.3 Å². The number of anilines is 1. The van der Waals surface area contributed by atoms with Gasteiger partial charge >= 0.3 is 5.97 Å². The lowest BCUT2D eigenvalue weighted by molar-refractivity contribution is -0.122. The summed E-state index contributed by atoms with van der Waals surface area (Å²) >= 11 is 1.03. The van der Waals surface area contributed by atoms with Crippen molar-refractivity contribution in [3.05, 3.63) is 10.6 Å². The Morgan fingerprint density at radius 2 is 2.26 bits per heavy atom. The summed E-state index contributed by atoms with van der Waals surface area (Å²) in [5, 5.41) is 15.1. The van der Waals surface area contributed by atoms with E-state index in [9.17, 15) is 14.4 Å². The van der Waals surface area contributed by atoms with Crippen molar-refractivity contribution in [3.8, 4) is 0 Å². The zero-order valence-corrected chi connectivity index (χ0v) is 11.0. The summed E-state index contributed by atoms with van der Waals surface area (Å²) in [6, 6.07) is 0.00491. The number of aromatic nitrogens is 1. The first kappa shape index (κ1) is 13.5. The van der Waals surface area contributed by atoms with E-state index in [2.05, 4.69) is 15.6 Å². The largest absolute Gasteiger partial charge is 0.476 e. The van der Waals surface area contributed by atoms with Crippen molar-refractivity contribution < 1.29 is 19.5 Å². The average Bonchev–Trinajstić information content (AvgIpc) is 2.76. The first-order valence-corrected chi connectivity index (χ1v) is 6.57. The Labute approximate surface area is 113 Å². The van der Waals surface area contributed by atoms with Gasteiger partial charge in [-0.25, -0.2) is 9.78 Å². The van der Waals surface area contributed by atoms with Crippen LogP contribution in [0.4, 0.5) is 5.13 Å². The fourth-order valence-electron chi connectivity index (χ4n) is 1.80. The molecule has 7 nitrogen and oxygen atoms in total. The Balaban J connectivity index is 2.13. The van der Waals surface area contributed by atoms with Gasteiger partial charge in [0.05, 0.1) is 0 Å². The molecule has 0 spiro atoms. The smallest absolute Gasteiger partial charge is 0.356 e. The van der Waals surface area contributed by atoms with Gasteiger partial charge in [-0.1, -0.05) is 11.3 Å². The maximum atomic E-state index is 11.3. The number of amides is 1. The van der Waals surface area contributed by atoms with E-state index in [0.29, 0.717) is 24.5 Å². The van der Waals surface area contributed by atoms with Gasteiger partial charge in [-0.15, -0.1) is 0 Å². The van der Waals surface area contributed by atoms with Gasteiger partial charge in [-0.05, 0) is 6.42 Å². The number of nitrogens with one attached hydrogen (secondary N) is 2. The molecule has 8 heteroatoms. The molecule has 3 N–H and O–H groups in total. The molecule has 19 heavy (non-hydrogen) atoms. The maximum absolute atomic E-state index is 11.3. The minimum atomic E-state index is -1.22. The van der Waals surface area contributed by atoms with Crippen LogP contribution in [0.1, 0.15) is 39.9 Å². The van der Waals surface area contributed by atoms with Crippen LogP contribution in [0.3, 0.4) is 0 Å². The van der Waals surface area contributed by atoms with Crippen LogP contribution in [0.15, 0.2) is 0 Å². The first-order valence-electron chi connectivity index (χ1n) is 5.75. The van der Waals surface area contributed by atoms with Crippen molar-refractivity contribution in [1.29, 1.82) is 0 Å². The van der Waals surface area contributed by atoms with Crippen molar-refractivity contribution in [2.45, 2.75) is 25.8 Å². The first-order chi connectivity index (χ1) is 8.97. The lowest BCUT2D eigenvalue weighted by Gasteiger charge is -2.22. The predicted octanol–water partition coefficient (Wildman–Crippen LogP) is 0.734. The number of carboxylic acids is 1. The molecule has 1 amide bonds. The Morgan fingerprint density at radius 1 is 1.53 bits per heavy atom. The second-order valence-electron chi connectivity index (χ2n) is 4.24. The highest BCUT2D eigenvalue weighted by Crippen LogP contribution is 2.25. The summed E-state index contributed by atoms with van der Waals surface area (Å²) in [5.74, 6) is -1.53. The minimum absolute atomic E-state index is 0.00491. The molecule has 0 bridgehead atoms.